The first-order valence-electron chi connectivity index (χ1n) is 8.70. The summed E-state index contributed by atoms with van der Waals surface area (Å²) >= 11 is 11.9. The molecule has 1 amide bonds. The monoisotopic (exact) mass is 437 g/mol. The van der Waals surface area contributed by atoms with E-state index in [9.17, 15) is 9.59 Å². The summed E-state index contributed by atoms with van der Waals surface area (Å²) in [5, 5.41) is 3.76. The van der Waals surface area contributed by atoms with E-state index in [1.54, 1.807) is 49.6 Å². The van der Waals surface area contributed by atoms with Crippen molar-refractivity contribution in [3.8, 4) is 11.5 Å². The first-order chi connectivity index (χ1) is 13.9. The predicted molar refractivity (Wildman–Crippen MR) is 113 cm³/mol. The Bertz CT molecular complexity index is 899. The van der Waals surface area contributed by atoms with Gasteiger partial charge in [0.05, 0.1) is 14.2 Å². The van der Waals surface area contributed by atoms with Gasteiger partial charge in [-0.3, -0.25) is 4.79 Å². The van der Waals surface area contributed by atoms with Gasteiger partial charge in [-0.15, -0.1) is 0 Å². The summed E-state index contributed by atoms with van der Waals surface area (Å²) in [7, 11) is 3.07. The molecule has 154 valence electrons. The predicted octanol–water partition coefficient (Wildman–Crippen LogP) is 3.93. The molecule has 0 saturated carbocycles. The van der Waals surface area contributed by atoms with Crippen molar-refractivity contribution in [1.29, 1.82) is 0 Å². The number of carbonyl (C=O) groups is 2. The van der Waals surface area contributed by atoms with Crippen molar-refractivity contribution in [3.63, 3.8) is 0 Å². The summed E-state index contributed by atoms with van der Waals surface area (Å²) in [5.74, 6) is 0.102. The Morgan fingerprint density at radius 1 is 1.03 bits per heavy atom. The van der Waals surface area contributed by atoms with Gasteiger partial charge < -0.3 is 19.5 Å². The van der Waals surface area contributed by atoms with Crippen LogP contribution in [0.1, 0.15) is 11.1 Å². The Morgan fingerprint density at radius 2 is 1.79 bits per heavy atom. The molecule has 8 heteroatoms. The molecule has 0 radical (unpaired) electrons. The van der Waals surface area contributed by atoms with E-state index < -0.39 is 11.9 Å². The van der Waals surface area contributed by atoms with Gasteiger partial charge in [-0.2, -0.15) is 0 Å². The van der Waals surface area contributed by atoms with Crippen LogP contribution in [0.25, 0.3) is 6.08 Å². The molecule has 0 aliphatic carbocycles. The maximum absolute atomic E-state index is 11.8. The number of halogens is 2. The molecule has 2 aromatic carbocycles. The van der Waals surface area contributed by atoms with E-state index in [0.717, 1.165) is 11.1 Å². The van der Waals surface area contributed by atoms with E-state index in [0.29, 0.717) is 34.5 Å². The van der Waals surface area contributed by atoms with E-state index >= 15 is 0 Å². The van der Waals surface area contributed by atoms with Crippen LogP contribution in [0.5, 0.6) is 11.5 Å². The number of nitrogens with one attached hydrogen (secondary N) is 1. The number of rotatable bonds is 9. The van der Waals surface area contributed by atoms with E-state index in [2.05, 4.69) is 5.32 Å². The van der Waals surface area contributed by atoms with Gasteiger partial charge in [-0.1, -0.05) is 35.3 Å². The highest BCUT2D eigenvalue weighted by atomic mass is 35.5. The van der Waals surface area contributed by atoms with E-state index in [1.807, 2.05) is 0 Å². The van der Waals surface area contributed by atoms with E-state index in [4.69, 9.17) is 37.4 Å². The quantitative estimate of drug-likeness (QED) is 0.475. The lowest BCUT2D eigenvalue weighted by Crippen LogP contribution is -2.30. The SMILES string of the molecule is COc1ccc(/C=C/C(=O)OCC(=O)NCCc2ccc(Cl)cc2Cl)cc1OC. The van der Waals surface area contributed by atoms with Crippen molar-refractivity contribution in [2.24, 2.45) is 0 Å². The molecule has 0 spiro atoms. The van der Waals surface area contributed by atoms with Crippen LogP contribution >= 0.6 is 23.2 Å². The lowest BCUT2D eigenvalue weighted by atomic mass is 10.1. The third-order valence-corrected chi connectivity index (χ3v) is 4.48. The molecular weight excluding hydrogens is 417 g/mol. The maximum Gasteiger partial charge on any atom is 0.331 e. The summed E-state index contributed by atoms with van der Waals surface area (Å²) in [5.41, 5.74) is 1.59. The third kappa shape index (κ3) is 7.33. The molecular formula is C21H21Cl2NO5. The van der Waals surface area contributed by atoms with Crippen molar-refractivity contribution >= 4 is 41.2 Å². The van der Waals surface area contributed by atoms with Crippen molar-refractivity contribution < 1.29 is 23.8 Å². The molecule has 1 N–H and O–H groups in total. The van der Waals surface area contributed by atoms with Gasteiger partial charge in [-0.25, -0.2) is 4.79 Å². The van der Waals surface area contributed by atoms with Crippen LogP contribution in [-0.4, -0.2) is 39.2 Å². The molecule has 29 heavy (non-hydrogen) atoms. The fraction of sp³-hybridized carbons (Fsp3) is 0.238. The average Bonchev–Trinajstić information content (AvgIpc) is 2.72. The highest BCUT2D eigenvalue weighted by Gasteiger charge is 2.07. The van der Waals surface area contributed by atoms with E-state index in [1.165, 1.54) is 13.2 Å². The fourth-order valence-corrected chi connectivity index (χ4v) is 2.92. The number of methoxy groups -OCH3 is 2. The molecule has 0 fully saturated rings. The second-order valence-electron chi connectivity index (χ2n) is 5.89. The Balaban J connectivity index is 1.75. The summed E-state index contributed by atoms with van der Waals surface area (Å²) in [6.45, 7) is -0.0112. The molecule has 0 heterocycles. The zero-order chi connectivity index (χ0) is 21.2. The largest absolute Gasteiger partial charge is 0.493 e. The lowest BCUT2D eigenvalue weighted by molar-refractivity contribution is -0.143. The number of ether oxygens (including phenoxy) is 3. The number of hydrogen-bond acceptors (Lipinski definition) is 5. The summed E-state index contributed by atoms with van der Waals surface area (Å²) in [4.78, 5) is 23.6. The van der Waals surface area contributed by atoms with Crippen LogP contribution in [-0.2, 0) is 20.7 Å². The summed E-state index contributed by atoms with van der Waals surface area (Å²) in [6, 6.07) is 10.4. The molecule has 2 rings (SSSR count). The van der Waals surface area contributed by atoms with Crippen LogP contribution in [0.2, 0.25) is 10.0 Å². The number of hydrogen-bond donors (Lipinski definition) is 1. The first kappa shape index (κ1) is 22.6. The highest BCUT2D eigenvalue weighted by Crippen LogP contribution is 2.28. The Hall–Kier alpha value is -2.70. The van der Waals surface area contributed by atoms with Crippen molar-refractivity contribution in [1.82, 2.24) is 5.32 Å². The molecule has 0 aliphatic heterocycles. The molecule has 0 saturated heterocycles. The third-order valence-electron chi connectivity index (χ3n) is 3.90. The molecule has 0 atom stereocenters. The second-order valence-corrected chi connectivity index (χ2v) is 6.73. The number of benzene rings is 2. The molecule has 0 bridgehead atoms. The Labute approximate surface area is 179 Å². The minimum atomic E-state index is -0.629. The van der Waals surface area contributed by atoms with E-state index in [-0.39, 0.29) is 6.61 Å². The first-order valence-corrected chi connectivity index (χ1v) is 9.46. The maximum atomic E-state index is 11.8. The standard InChI is InChI=1S/C21H21Cl2NO5/c1-27-18-7-3-14(11-19(18)28-2)4-8-21(26)29-13-20(25)24-10-9-15-5-6-16(22)12-17(15)23/h3-8,11-12H,9-10,13H2,1-2H3,(H,24,25)/b8-4+. The smallest absolute Gasteiger partial charge is 0.331 e. The van der Waals surface area contributed by atoms with Gasteiger partial charge in [0, 0.05) is 22.7 Å². The molecule has 2 aromatic rings. The summed E-state index contributed by atoms with van der Waals surface area (Å²) in [6.07, 6.45) is 3.33. The normalized spacial score (nSPS) is 10.6. The molecule has 0 aromatic heterocycles. The van der Waals surface area contributed by atoms with Crippen LogP contribution in [0.4, 0.5) is 0 Å². The van der Waals surface area contributed by atoms with Gasteiger partial charge in [0.15, 0.2) is 18.1 Å². The topological polar surface area (TPSA) is 73.9 Å². The Morgan fingerprint density at radius 3 is 2.48 bits per heavy atom. The van der Waals surface area contributed by atoms with Gasteiger partial charge in [0.25, 0.3) is 5.91 Å². The fourth-order valence-electron chi connectivity index (χ4n) is 2.42. The van der Waals surface area contributed by atoms with Crippen LogP contribution in [0.3, 0.4) is 0 Å². The van der Waals surface area contributed by atoms with Gasteiger partial charge in [0.1, 0.15) is 0 Å². The van der Waals surface area contributed by atoms with Gasteiger partial charge >= 0.3 is 5.97 Å². The Kier molecular flexibility index (Phi) is 8.83. The molecule has 6 nitrogen and oxygen atoms in total. The average molecular weight is 438 g/mol. The number of carbonyl (C=O) groups excluding carboxylic acids is 2. The minimum absolute atomic E-state index is 0.360. The van der Waals surface area contributed by atoms with Crippen LogP contribution in [0.15, 0.2) is 42.5 Å². The minimum Gasteiger partial charge on any atom is -0.493 e. The number of amides is 1. The van der Waals surface area contributed by atoms with Crippen molar-refractivity contribution in [3.05, 3.63) is 63.6 Å². The zero-order valence-corrected chi connectivity index (χ0v) is 17.5. The molecule has 0 aliphatic rings. The lowest BCUT2D eigenvalue weighted by Gasteiger charge is -2.08. The van der Waals surface area contributed by atoms with Gasteiger partial charge in [-0.05, 0) is 47.9 Å². The summed E-state index contributed by atoms with van der Waals surface area (Å²) < 4.78 is 15.3. The zero-order valence-electron chi connectivity index (χ0n) is 16.0. The van der Waals surface area contributed by atoms with Gasteiger partial charge in [0.2, 0.25) is 0 Å². The van der Waals surface area contributed by atoms with Crippen molar-refractivity contribution in [2.45, 2.75) is 6.42 Å². The second kappa shape index (κ2) is 11.3. The van der Waals surface area contributed by atoms with Crippen LogP contribution < -0.4 is 14.8 Å². The highest BCUT2D eigenvalue weighted by molar-refractivity contribution is 6.35. The molecule has 0 unspecified atom stereocenters. The number of esters is 1. The van der Waals surface area contributed by atoms with Crippen molar-refractivity contribution in [2.75, 3.05) is 27.4 Å². The van der Waals surface area contributed by atoms with Crippen LogP contribution in [0, 0.1) is 0 Å².